The number of carbonyl (C=O) groups excluding carboxylic acids is 1. The number of hydrogen-bond donors (Lipinski definition) is 1. The standard InChI is InChI=1S/C15H21NO4/c1-10-12(14(17)18-4)6-5-7-13(10)16-11-8-19-15(2,3)20-9-11/h5-7,11,16H,8-9H2,1-4H3. The third kappa shape index (κ3) is 3.29. The van der Waals surface area contributed by atoms with E-state index >= 15 is 0 Å². The van der Waals surface area contributed by atoms with Gasteiger partial charge in [0.2, 0.25) is 0 Å². The van der Waals surface area contributed by atoms with Crippen LogP contribution in [0.25, 0.3) is 0 Å². The third-order valence-corrected chi connectivity index (χ3v) is 3.36. The highest BCUT2D eigenvalue weighted by Gasteiger charge is 2.28. The van der Waals surface area contributed by atoms with Gasteiger partial charge in [-0.1, -0.05) is 6.07 Å². The van der Waals surface area contributed by atoms with E-state index in [1.807, 2.05) is 32.9 Å². The molecule has 0 amide bonds. The fourth-order valence-electron chi connectivity index (χ4n) is 2.12. The Morgan fingerprint density at radius 3 is 2.60 bits per heavy atom. The predicted molar refractivity (Wildman–Crippen MR) is 75.9 cm³/mol. The quantitative estimate of drug-likeness (QED) is 0.861. The van der Waals surface area contributed by atoms with Crippen LogP contribution in [0, 0.1) is 6.92 Å². The van der Waals surface area contributed by atoms with Gasteiger partial charge in [-0.05, 0) is 38.5 Å². The molecule has 0 aromatic heterocycles. The summed E-state index contributed by atoms with van der Waals surface area (Å²) in [4.78, 5) is 11.7. The van der Waals surface area contributed by atoms with Crippen LogP contribution in [-0.2, 0) is 14.2 Å². The van der Waals surface area contributed by atoms with Crippen LogP contribution in [0.1, 0.15) is 29.8 Å². The largest absolute Gasteiger partial charge is 0.465 e. The van der Waals surface area contributed by atoms with Crippen molar-refractivity contribution in [2.24, 2.45) is 0 Å². The van der Waals surface area contributed by atoms with E-state index in [-0.39, 0.29) is 12.0 Å². The highest BCUT2D eigenvalue weighted by atomic mass is 16.7. The zero-order chi connectivity index (χ0) is 14.8. The summed E-state index contributed by atoms with van der Waals surface area (Å²) >= 11 is 0. The molecule has 1 heterocycles. The number of carbonyl (C=O) groups is 1. The first-order valence-corrected chi connectivity index (χ1v) is 6.65. The Morgan fingerprint density at radius 1 is 1.35 bits per heavy atom. The molecule has 1 aliphatic heterocycles. The highest BCUT2D eigenvalue weighted by molar-refractivity contribution is 5.92. The van der Waals surface area contributed by atoms with Crippen LogP contribution in [-0.4, -0.2) is 38.1 Å². The van der Waals surface area contributed by atoms with Crippen molar-refractivity contribution in [1.29, 1.82) is 0 Å². The fourth-order valence-corrected chi connectivity index (χ4v) is 2.12. The van der Waals surface area contributed by atoms with Gasteiger partial charge in [0.1, 0.15) is 0 Å². The van der Waals surface area contributed by atoms with Crippen LogP contribution in [0.5, 0.6) is 0 Å². The van der Waals surface area contributed by atoms with E-state index in [0.29, 0.717) is 18.8 Å². The Kier molecular flexibility index (Phi) is 4.30. The first-order valence-electron chi connectivity index (χ1n) is 6.65. The minimum atomic E-state index is -0.527. The first kappa shape index (κ1) is 14.8. The van der Waals surface area contributed by atoms with Crippen LogP contribution in [0.3, 0.4) is 0 Å². The number of hydrogen-bond acceptors (Lipinski definition) is 5. The maximum Gasteiger partial charge on any atom is 0.338 e. The summed E-state index contributed by atoms with van der Waals surface area (Å²) in [5.74, 6) is -0.857. The van der Waals surface area contributed by atoms with Crippen LogP contribution in [0.4, 0.5) is 5.69 Å². The minimum Gasteiger partial charge on any atom is -0.465 e. The molecule has 0 radical (unpaired) electrons. The SMILES string of the molecule is COC(=O)c1cccc(NC2COC(C)(C)OC2)c1C. The van der Waals surface area contributed by atoms with Crippen LogP contribution in [0.2, 0.25) is 0 Å². The van der Waals surface area contributed by atoms with Gasteiger partial charge in [0.05, 0.1) is 31.9 Å². The summed E-state index contributed by atoms with van der Waals surface area (Å²) in [6.07, 6.45) is 0. The summed E-state index contributed by atoms with van der Waals surface area (Å²) in [5.41, 5.74) is 2.32. The predicted octanol–water partition coefficient (Wildman–Crippen LogP) is 2.35. The zero-order valence-corrected chi connectivity index (χ0v) is 12.4. The number of nitrogens with one attached hydrogen (secondary N) is 1. The van der Waals surface area contributed by atoms with Gasteiger partial charge in [-0.3, -0.25) is 0 Å². The number of methoxy groups -OCH3 is 1. The van der Waals surface area contributed by atoms with Crippen molar-refractivity contribution < 1.29 is 19.0 Å². The topological polar surface area (TPSA) is 56.8 Å². The second-order valence-corrected chi connectivity index (χ2v) is 5.33. The Hall–Kier alpha value is -1.59. The molecule has 0 atom stereocenters. The zero-order valence-electron chi connectivity index (χ0n) is 12.4. The normalized spacial score (nSPS) is 18.6. The lowest BCUT2D eigenvalue weighted by molar-refractivity contribution is -0.247. The molecule has 1 aromatic carbocycles. The molecule has 1 N–H and O–H groups in total. The molecule has 1 aliphatic rings. The molecule has 1 fully saturated rings. The molecule has 0 saturated carbocycles. The van der Waals surface area contributed by atoms with Crippen molar-refractivity contribution in [1.82, 2.24) is 0 Å². The lowest BCUT2D eigenvalue weighted by atomic mass is 10.1. The molecule has 5 nitrogen and oxygen atoms in total. The molecule has 0 unspecified atom stereocenters. The molecule has 1 saturated heterocycles. The second-order valence-electron chi connectivity index (χ2n) is 5.33. The Bertz CT molecular complexity index is 489. The number of esters is 1. The molecule has 0 spiro atoms. The average molecular weight is 279 g/mol. The summed E-state index contributed by atoms with van der Waals surface area (Å²) < 4.78 is 16.0. The van der Waals surface area contributed by atoms with Gasteiger partial charge in [-0.2, -0.15) is 0 Å². The summed E-state index contributed by atoms with van der Waals surface area (Å²) in [7, 11) is 1.38. The Labute approximate surface area is 119 Å². The molecular weight excluding hydrogens is 258 g/mol. The van der Waals surface area contributed by atoms with E-state index in [1.165, 1.54) is 7.11 Å². The van der Waals surface area contributed by atoms with Gasteiger partial charge in [0, 0.05) is 5.69 Å². The van der Waals surface area contributed by atoms with Gasteiger partial charge in [0.25, 0.3) is 0 Å². The molecule has 0 aliphatic carbocycles. The van der Waals surface area contributed by atoms with Gasteiger partial charge in [0.15, 0.2) is 5.79 Å². The van der Waals surface area contributed by atoms with E-state index in [4.69, 9.17) is 14.2 Å². The minimum absolute atomic E-state index is 0.0645. The summed E-state index contributed by atoms with van der Waals surface area (Å²) in [5, 5.41) is 3.35. The maximum absolute atomic E-state index is 11.7. The van der Waals surface area contributed by atoms with Crippen LogP contribution < -0.4 is 5.32 Å². The number of rotatable bonds is 3. The monoisotopic (exact) mass is 279 g/mol. The third-order valence-electron chi connectivity index (χ3n) is 3.36. The molecular formula is C15H21NO4. The molecule has 5 heteroatoms. The maximum atomic E-state index is 11.7. The van der Waals surface area contributed by atoms with Crippen LogP contribution >= 0.6 is 0 Å². The lowest BCUT2D eigenvalue weighted by Gasteiger charge is -2.35. The number of ether oxygens (including phenoxy) is 3. The van der Waals surface area contributed by atoms with Gasteiger partial charge >= 0.3 is 5.97 Å². The van der Waals surface area contributed by atoms with Crippen molar-refractivity contribution in [2.75, 3.05) is 25.6 Å². The van der Waals surface area contributed by atoms with Gasteiger partial charge < -0.3 is 19.5 Å². The van der Waals surface area contributed by atoms with E-state index in [9.17, 15) is 4.79 Å². The van der Waals surface area contributed by atoms with E-state index < -0.39 is 5.79 Å². The van der Waals surface area contributed by atoms with E-state index in [2.05, 4.69) is 5.32 Å². The Morgan fingerprint density at radius 2 is 2.00 bits per heavy atom. The summed E-state index contributed by atoms with van der Waals surface area (Å²) in [6.45, 7) is 6.81. The van der Waals surface area contributed by atoms with Crippen molar-refractivity contribution in [3.05, 3.63) is 29.3 Å². The highest BCUT2D eigenvalue weighted by Crippen LogP contribution is 2.23. The molecule has 0 bridgehead atoms. The number of benzene rings is 1. The first-order chi connectivity index (χ1) is 9.43. The van der Waals surface area contributed by atoms with Crippen LogP contribution in [0.15, 0.2) is 18.2 Å². The molecule has 1 aromatic rings. The number of anilines is 1. The van der Waals surface area contributed by atoms with Crippen molar-refractivity contribution in [2.45, 2.75) is 32.6 Å². The Balaban J connectivity index is 2.09. The van der Waals surface area contributed by atoms with Gasteiger partial charge in [-0.15, -0.1) is 0 Å². The van der Waals surface area contributed by atoms with Crippen molar-refractivity contribution in [3.63, 3.8) is 0 Å². The summed E-state index contributed by atoms with van der Waals surface area (Å²) in [6, 6.07) is 5.58. The van der Waals surface area contributed by atoms with Crippen molar-refractivity contribution >= 4 is 11.7 Å². The fraction of sp³-hybridized carbons (Fsp3) is 0.533. The molecule has 20 heavy (non-hydrogen) atoms. The lowest BCUT2D eigenvalue weighted by Crippen LogP contribution is -2.45. The smallest absolute Gasteiger partial charge is 0.338 e. The van der Waals surface area contributed by atoms with E-state index in [1.54, 1.807) is 6.07 Å². The molecule has 110 valence electrons. The van der Waals surface area contributed by atoms with Gasteiger partial charge in [-0.25, -0.2) is 4.79 Å². The average Bonchev–Trinajstić information content (AvgIpc) is 2.42. The molecule has 2 rings (SSSR count). The van der Waals surface area contributed by atoms with E-state index in [0.717, 1.165) is 11.3 Å². The van der Waals surface area contributed by atoms with Crippen molar-refractivity contribution in [3.8, 4) is 0 Å². The second kappa shape index (κ2) is 5.81.